The van der Waals surface area contributed by atoms with Gasteiger partial charge < -0.3 is 19.5 Å². The van der Waals surface area contributed by atoms with Gasteiger partial charge in [0.2, 0.25) is 5.91 Å². The third-order valence-electron chi connectivity index (χ3n) is 3.55. The van der Waals surface area contributed by atoms with Crippen molar-refractivity contribution in [3.63, 3.8) is 0 Å². The molecule has 2 aromatic rings. The van der Waals surface area contributed by atoms with Gasteiger partial charge in [-0.1, -0.05) is 34.1 Å². The molecular formula is C20H20BrNO5. The van der Waals surface area contributed by atoms with Crippen molar-refractivity contribution in [1.29, 1.82) is 0 Å². The van der Waals surface area contributed by atoms with Crippen molar-refractivity contribution in [1.82, 2.24) is 0 Å². The van der Waals surface area contributed by atoms with E-state index < -0.39 is 5.97 Å². The van der Waals surface area contributed by atoms with Crippen LogP contribution in [-0.4, -0.2) is 38.0 Å². The number of halogens is 1. The minimum Gasteiger partial charge on any atom is -0.493 e. The van der Waals surface area contributed by atoms with Crippen LogP contribution >= 0.6 is 15.9 Å². The highest BCUT2D eigenvalue weighted by Crippen LogP contribution is 2.28. The first kappa shape index (κ1) is 20.5. The number of para-hydroxylation sites is 1. The first-order valence-corrected chi connectivity index (χ1v) is 9.24. The molecule has 142 valence electrons. The average Bonchev–Trinajstić information content (AvgIpc) is 2.70. The monoisotopic (exact) mass is 433 g/mol. The molecule has 27 heavy (non-hydrogen) atoms. The third-order valence-corrected chi connectivity index (χ3v) is 3.87. The van der Waals surface area contributed by atoms with Crippen molar-refractivity contribution in [2.24, 2.45) is 0 Å². The average molecular weight is 434 g/mol. The zero-order valence-electron chi connectivity index (χ0n) is 15.0. The molecule has 0 atom stereocenters. The number of nitrogens with one attached hydrogen (secondary N) is 1. The van der Waals surface area contributed by atoms with E-state index in [-0.39, 0.29) is 12.5 Å². The Hall–Kier alpha value is -2.80. The Morgan fingerprint density at radius 3 is 2.52 bits per heavy atom. The maximum Gasteiger partial charge on any atom is 0.340 e. The molecule has 0 saturated carbocycles. The van der Waals surface area contributed by atoms with Crippen LogP contribution in [0.25, 0.3) is 6.08 Å². The van der Waals surface area contributed by atoms with Crippen LogP contribution in [0.4, 0.5) is 5.69 Å². The van der Waals surface area contributed by atoms with E-state index >= 15 is 0 Å². The maximum atomic E-state index is 12.2. The Kier molecular flexibility index (Phi) is 7.88. The summed E-state index contributed by atoms with van der Waals surface area (Å²) in [6.45, 7) is 0.250. The Balaban J connectivity index is 2.10. The summed E-state index contributed by atoms with van der Waals surface area (Å²) in [6, 6.07) is 12.0. The van der Waals surface area contributed by atoms with Gasteiger partial charge in [0.05, 0.1) is 25.5 Å². The minimum absolute atomic E-state index is 0.250. The van der Waals surface area contributed by atoms with Gasteiger partial charge in [0.25, 0.3) is 0 Å². The van der Waals surface area contributed by atoms with Crippen molar-refractivity contribution in [3.05, 3.63) is 59.7 Å². The quantitative estimate of drug-likeness (QED) is 0.388. The van der Waals surface area contributed by atoms with Gasteiger partial charge >= 0.3 is 5.97 Å². The fraction of sp³-hybridized carbons (Fsp3) is 0.200. The third kappa shape index (κ3) is 5.86. The molecule has 0 heterocycles. The Bertz CT molecular complexity index is 835. The number of carbonyl (C=O) groups is 2. The Morgan fingerprint density at radius 2 is 1.81 bits per heavy atom. The number of amides is 1. The summed E-state index contributed by atoms with van der Waals surface area (Å²) in [4.78, 5) is 24.3. The van der Waals surface area contributed by atoms with Gasteiger partial charge in [-0.2, -0.15) is 0 Å². The summed E-state index contributed by atoms with van der Waals surface area (Å²) in [7, 11) is 3.10. The summed E-state index contributed by atoms with van der Waals surface area (Å²) < 4.78 is 15.5. The molecule has 2 rings (SSSR count). The lowest BCUT2D eigenvalue weighted by atomic mass is 10.1. The lowest BCUT2D eigenvalue weighted by molar-refractivity contribution is -0.111. The number of ether oxygens (including phenoxy) is 3. The van der Waals surface area contributed by atoms with E-state index in [9.17, 15) is 9.59 Å². The molecule has 2 aromatic carbocycles. The summed E-state index contributed by atoms with van der Waals surface area (Å²) in [5.41, 5.74) is 1.46. The normalized spacial score (nSPS) is 10.5. The van der Waals surface area contributed by atoms with Gasteiger partial charge in [-0.25, -0.2) is 4.79 Å². The van der Waals surface area contributed by atoms with E-state index in [1.54, 1.807) is 62.8 Å². The van der Waals surface area contributed by atoms with Gasteiger partial charge in [-0.05, 0) is 35.9 Å². The molecule has 0 aliphatic carbocycles. The summed E-state index contributed by atoms with van der Waals surface area (Å²) in [5.74, 6) is 0.315. The fourth-order valence-electron chi connectivity index (χ4n) is 2.28. The molecule has 0 saturated heterocycles. The van der Waals surface area contributed by atoms with Gasteiger partial charge in [0.15, 0.2) is 11.5 Å². The van der Waals surface area contributed by atoms with Crippen molar-refractivity contribution in [3.8, 4) is 11.5 Å². The molecule has 0 aliphatic heterocycles. The van der Waals surface area contributed by atoms with Crippen molar-refractivity contribution in [2.75, 3.05) is 31.5 Å². The van der Waals surface area contributed by atoms with Crippen LogP contribution in [0.5, 0.6) is 11.5 Å². The summed E-state index contributed by atoms with van der Waals surface area (Å²) >= 11 is 3.20. The van der Waals surface area contributed by atoms with Gasteiger partial charge in [0.1, 0.15) is 6.61 Å². The Morgan fingerprint density at radius 1 is 1.07 bits per heavy atom. The first-order valence-electron chi connectivity index (χ1n) is 8.12. The molecule has 1 N–H and O–H groups in total. The van der Waals surface area contributed by atoms with Crippen LogP contribution in [0, 0.1) is 0 Å². The highest BCUT2D eigenvalue weighted by atomic mass is 79.9. The lowest BCUT2D eigenvalue weighted by Gasteiger charge is -2.09. The topological polar surface area (TPSA) is 73.9 Å². The van der Waals surface area contributed by atoms with Crippen LogP contribution in [0.3, 0.4) is 0 Å². The molecule has 0 unspecified atom stereocenters. The second-order valence-corrected chi connectivity index (χ2v) is 6.10. The Labute approximate surface area is 166 Å². The molecule has 7 heteroatoms. The van der Waals surface area contributed by atoms with Crippen molar-refractivity contribution < 1.29 is 23.8 Å². The summed E-state index contributed by atoms with van der Waals surface area (Å²) in [6.07, 6.45) is 3.02. The predicted molar refractivity (Wildman–Crippen MR) is 108 cm³/mol. The molecular weight excluding hydrogens is 414 g/mol. The molecule has 0 spiro atoms. The highest BCUT2D eigenvalue weighted by molar-refractivity contribution is 9.09. The molecule has 6 nitrogen and oxygen atoms in total. The zero-order chi connectivity index (χ0) is 19.6. The second kappa shape index (κ2) is 10.4. The number of carbonyl (C=O) groups excluding carboxylic acids is 2. The smallest absolute Gasteiger partial charge is 0.340 e. The van der Waals surface area contributed by atoms with Crippen molar-refractivity contribution >= 4 is 39.6 Å². The fourth-order valence-corrected chi connectivity index (χ4v) is 2.44. The van der Waals surface area contributed by atoms with Crippen LogP contribution in [0.15, 0.2) is 48.5 Å². The number of anilines is 1. The van der Waals surface area contributed by atoms with Crippen LogP contribution in [-0.2, 0) is 9.53 Å². The van der Waals surface area contributed by atoms with Crippen LogP contribution in [0.2, 0.25) is 0 Å². The standard InChI is InChI=1S/C20H20BrNO5/c1-25-17-9-7-14(13-18(17)26-2)8-10-19(23)22-16-6-4-3-5-15(16)20(24)27-12-11-21/h3-10,13H,11-12H2,1-2H3,(H,22,23). The SMILES string of the molecule is COc1ccc(C=CC(=O)Nc2ccccc2C(=O)OCCBr)cc1OC. The number of hydrogen-bond donors (Lipinski definition) is 1. The lowest BCUT2D eigenvalue weighted by Crippen LogP contribution is -2.14. The van der Waals surface area contributed by atoms with E-state index in [2.05, 4.69) is 21.2 Å². The minimum atomic E-state index is -0.491. The number of hydrogen-bond acceptors (Lipinski definition) is 5. The molecule has 0 fully saturated rings. The molecule has 1 amide bonds. The highest BCUT2D eigenvalue weighted by Gasteiger charge is 2.13. The van der Waals surface area contributed by atoms with Crippen LogP contribution < -0.4 is 14.8 Å². The molecule has 0 aromatic heterocycles. The van der Waals surface area contributed by atoms with Crippen LogP contribution in [0.1, 0.15) is 15.9 Å². The predicted octanol–water partition coefficient (Wildman–Crippen LogP) is 3.91. The first-order chi connectivity index (χ1) is 13.1. The number of alkyl halides is 1. The number of rotatable bonds is 8. The maximum absolute atomic E-state index is 12.2. The number of methoxy groups -OCH3 is 2. The summed E-state index contributed by atoms with van der Waals surface area (Å²) in [5, 5.41) is 3.24. The van der Waals surface area contributed by atoms with E-state index in [1.165, 1.54) is 6.08 Å². The largest absolute Gasteiger partial charge is 0.493 e. The van der Waals surface area contributed by atoms with Crippen molar-refractivity contribution in [2.45, 2.75) is 0 Å². The van der Waals surface area contributed by atoms with Gasteiger partial charge in [0, 0.05) is 11.4 Å². The van der Waals surface area contributed by atoms with Gasteiger partial charge in [-0.15, -0.1) is 0 Å². The molecule has 0 radical (unpaired) electrons. The molecule has 0 aliphatic rings. The van der Waals surface area contributed by atoms with E-state index in [4.69, 9.17) is 14.2 Å². The van der Waals surface area contributed by atoms with Gasteiger partial charge in [-0.3, -0.25) is 4.79 Å². The number of esters is 1. The van der Waals surface area contributed by atoms with E-state index in [1.807, 2.05) is 0 Å². The second-order valence-electron chi connectivity index (χ2n) is 5.31. The van der Waals surface area contributed by atoms with E-state index in [0.29, 0.717) is 28.1 Å². The number of benzene rings is 2. The zero-order valence-corrected chi connectivity index (χ0v) is 16.6. The van der Waals surface area contributed by atoms with E-state index in [0.717, 1.165) is 5.56 Å². The molecule has 0 bridgehead atoms.